The van der Waals surface area contributed by atoms with Crippen LogP contribution in [0.5, 0.6) is 0 Å². The molecule has 0 fully saturated rings. The molecule has 0 saturated heterocycles. The van der Waals surface area contributed by atoms with Crippen LogP contribution in [0.3, 0.4) is 0 Å². The van der Waals surface area contributed by atoms with Gasteiger partial charge in [0.25, 0.3) is 0 Å². The molecule has 0 radical (unpaired) electrons. The molecule has 0 atom stereocenters. The zero-order valence-electron chi connectivity index (χ0n) is 28.7. The van der Waals surface area contributed by atoms with E-state index in [4.69, 9.17) is 9.68 Å². The normalized spacial score (nSPS) is 12.5. The second-order valence-corrected chi connectivity index (χ2v) is 11.9. The van der Waals surface area contributed by atoms with Gasteiger partial charge >= 0.3 is 0 Å². The van der Waals surface area contributed by atoms with Crippen molar-refractivity contribution in [3.05, 3.63) is 48.6 Å². The van der Waals surface area contributed by atoms with Crippen LogP contribution in [0.15, 0.2) is 48.6 Å². The van der Waals surface area contributed by atoms with Crippen LogP contribution < -0.4 is 0 Å². The number of hydrogen-bond acceptors (Lipinski definition) is 3. The minimum Gasteiger partial charge on any atom is -0.274 e. The lowest BCUT2D eigenvalue weighted by Crippen LogP contribution is -2.26. The lowest BCUT2D eigenvalue weighted by atomic mass is 10.1. The number of hydrogen-bond donors (Lipinski definition) is 0. The van der Waals surface area contributed by atoms with E-state index in [9.17, 15) is 0 Å². The number of rotatable bonds is 34. The number of unbranched alkanes of at least 4 members (excludes halogenated alkanes) is 18. The molecule has 0 amide bonds. The zero-order valence-corrected chi connectivity index (χ0v) is 28.7. The molecule has 0 aliphatic heterocycles. The number of nitrogens with zero attached hydrogens (tertiary/aromatic N) is 1. The summed E-state index contributed by atoms with van der Waals surface area (Å²) in [4.78, 5) is 11.8. The first-order valence-corrected chi connectivity index (χ1v) is 18.5. The van der Waals surface area contributed by atoms with Gasteiger partial charge in [-0.15, -0.1) is 0 Å². The number of allylic oxidation sites excluding steroid dienone is 8. The van der Waals surface area contributed by atoms with Crippen LogP contribution in [0.4, 0.5) is 0 Å². The summed E-state index contributed by atoms with van der Waals surface area (Å²) in [5, 5.41) is 1.75. The third kappa shape index (κ3) is 35.0. The van der Waals surface area contributed by atoms with Crippen LogP contribution in [0, 0.1) is 0 Å². The molecule has 0 aromatic carbocycles. The zero-order chi connectivity index (χ0) is 30.4. The Kier molecular flexibility index (Phi) is 36.8. The van der Waals surface area contributed by atoms with Crippen molar-refractivity contribution < 1.29 is 9.68 Å². The second-order valence-electron chi connectivity index (χ2n) is 11.9. The first-order chi connectivity index (χ1) is 20.8. The smallest absolute Gasteiger partial charge is 0.0711 e. The standard InChI is InChI=1S/C39H73NO2/c1-4-7-9-11-13-15-17-19-21-23-25-27-29-31-33-35-38-41-40(37-6-3)42-39-36-34-32-30-28-26-24-22-20-18-16-14-12-10-8-5-2/h13-16,19-22H,4-12,17-18,23-39H2,1-3H3/b15-13-,16-14-,21-19-,22-20-. The predicted octanol–water partition coefficient (Wildman–Crippen LogP) is 13.2. The molecule has 0 heterocycles. The average molecular weight is 588 g/mol. The Labute approximate surface area is 264 Å². The maximum absolute atomic E-state index is 5.92. The van der Waals surface area contributed by atoms with Crippen molar-refractivity contribution >= 4 is 0 Å². The maximum atomic E-state index is 5.92. The Hall–Kier alpha value is -1.16. The van der Waals surface area contributed by atoms with E-state index in [1.54, 1.807) is 5.23 Å². The van der Waals surface area contributed by atoms with Crippen LogP contribution in [0.2, 0.25) is 0 Å². The minimum atomic E-state index is 0.776. The summed E-state index contributed by atoms with van der Waals surface area (Å²) in [6, 6.07) is 0. The van der Waals surface area contributed by atoms with E-state index in [-0.39, 0.29) is 0 Å². The summed E-state index contributed by atoms with van der Waals surface area (Å²) in [6.07, 6.45) is 50.3. The third-order valence-corrected chi connectivity index (χ3v) is 7.57. The summed E-state index contributed by atoms with van der Waals surface area (Å²) in [6.45, 7) is 9.11. The van der Waals surface area contributed by atoms with Crippen LogP contribution in [-0.4, -0.2) is 25.0 Å². The van der Waals surface area contributed by atoms with Gasteiger partial charge in [-0.3, -0.25) is 9.68 Å². The van der Waals surface area contributed by atoms with Crippen molar-refractivity contribution in [2.75, 3.05) is 19.8 Å². The highest BCUT2D eigenvalue weighted by Crippen LogP contribution is 2.11. The van der Waals surface area contributed by atoms with E-state index in [0.29, 0.717) is 0 Å². The van der Waals surface area contributed by atoms with Gasteiger partial charge in [-0.05, 0) is 83.5 Å². The van der Waals surface area contributed by atoms with Crippen molar-refractivity contribution in [3.8, 4) is 0 Å². The third-order valence-electron chi connectivity index (χ3n) is 7.57. The van der Waals surface area contributed by atoms with Gasteiger partial charge in [0.2, 0.25) is 0 Å². The highest BCUT2D eigenvalue weighted by Gasteiger charge is 2.05. The molecule has 0 aromatic heterocycles. The van der Waals surface area contributed by atoms with E-state index in [0.717, 1.165) is 51.9 Å². The topological polar surface area (TPSA) is 21.7 Å². The second kappa shape index (κ2) is 37.9. The molecule has 0 N–H and O–H groups in total. The molecule has 42 heavy (non-hydrogen) atoms. The molecular formula is C39H73NO2. The average Bonchev–Trinajstić information content (AvgIpc) is 3.00. The minimum absolute atomic E-state index is 0.776. The molecule has 0 aliphatic carbocycles. The molecule has 0 bridgehead atoms. The van der Waals surface area contributed by atoms with Gasteiger partial charge in [-0.25, -0.2) is 0 Å². The SMILES string of the molecule is CCCCC/C=C\C/C=C\CCCCCCCCON(CCC)OCCCCCCCC/C=C\C/C=C\CCCCC. The van der Waals surface area contributed by atoms with Crippen molar-refractivity contribution in [2.45, 2.75) is 181 Å². The van der Waals surface area contributed by atoms with E-state index in [1.165, 1.54) is 128 Å². The van der Waals surface area contributed by atoms with Crippen LogP contribution in [0.1, 0.15) is 181 Å². The lowest BCUT2D eigenvalue weighted by Gasteiger charge is -2.20. The summed E-state index contributed by atoms with van der Waals surface area (Å²) >= 11 is 0. The molecule has 0 unspecified atom stereocenters. The van der Waals surface area contributed by atoms with Gasteiger partial charge < -0.3 is 0 Å². The first kappa shape index (κ1) is 40.8. The quantitative estimate of drug-likeness (QED) is 0.0424. The molecular weight excluding hydrogens is 514 g/mol. The Bertz CT molecular complexity index is 560. The van der Waals surface area contributed by atoms with Crippen molar-refractivity contribution in [2.24, 2.45) is 0 Å². The first-order valence-electron chi connectivity index (χ1n) is 18.5. The Morgan fingerprint density at radius 3 is 1.05 bits per heavy atom. The highest BCUT2D eigenvalue weighted by molar-refractivity contribution is 4.93. The summed E-state index contributed by atoms with van der Waals surface area (Å²) in [5.41, 5.74) is 0. The molecule has 0 saturated carbocycles. The summed E-state index contributed by atoms with van der Waals surface area (Å²) < 4.78 is 0. The van der Waals surface area contributed by atoms with Crippen LogP contribution in [-0.2, 0) is 9.68 Å². The molecule has 0 spiro atoms. The van der Waals surface area contributed by atoms with Gasteiger partial charge in [0.1, 0.15) is 0 Å². The van der Waals surface area contributed by atoms with Crippen LogP contribution in [0.25, 0.3) is 0 Å². The fourth-order valence-electron chi connectivity index (χ4n) is 4.86. The molecule has 3 nitrogen and oxygen atoms in total. The number of hydroxylamine groups is 2. The van der Waals surface area contributed by atoms with Crippen molar-refractivity contribution in [1.29, 1.82) is 0 Å². The van der Waals surface area contributed by atoms with Gasteiger partial charge in [0, 0.05) is 0 Å². The summed E-state index contributed by atoms with van der Waals surface area (Å²) in [5.74, 6) is 0. The predicted molar refractivity (Wildman–Crippen MR) is 188 cm³/mol. The Morgan fingerprint density at radius 1 is 0.357 bits per heavy atom. The molecule has 3 heteroatoms. The Morgan fingerprint density at radius 2 is 0.690 bits per heavy atom. The molecule has 246 valence electrons. The van der Waals surface area contributed by atoms with Crippen molar-refractivity contribution in [3.63, 3.8) is 0 Å². The molecule has 0 aliphatic rings. The van der Waals surface area contributed by atoms with Gasteiger partial charge in [-0.2, -0.15) is 0 Å². The van der Waals surface area contributed by atoms with Gasteiger partial charge in [-0.1, -0.05) is 152 Å². The van der Waals surface area contributed by atoms with E-state index < -0.39 is 0 Å². The van der Waals surface area contributed by atoms with Gasteiger partial charge in [0.15, 0.2) is 0 Å². The monoisotopic (exact) mass is 588 g/mol. The largest absolute Gasteiger partial charge is 0.274 e. The Balaban J connectivity index is 3.49. The van der Waals surface area contributed by atoms with E-state index in [2.05, 4.69) is 69.4 Å². The summed E-state index contributed by atoms with van der Waals surface area (Å²) in [7, 11) is 0. The lowest BCUT2D eigenvalue weighted by molar-refractivity contribution is -0.368. The highest BCUT2D eigenvalue weighted by atomic mass is 16.9. The molecule has 0 aromatic rings. The van der Waals surface area contributed by atoms with Gasteiger partial charge in [0.05, 0.1) is 19.8 Å². The van der Waals surface area contributed by atoms with Crippen molar-refractivity contribution in [1.82, 2.24) is 5.23 Å². The maximum Gasteiger partial charge on any atom is 0.0711 e. The fourth-order valence-corrected chi connectivity index (χ4v) is 4.86. The molecule has 0 rings (SSSR count). The van der Waals surface area contributed by atoms with E-state index >= 15 is 0 Å². The van der Waals surface area contributed by atoms with Crippen LogP contribution >= 0.6 is 0 Å². The van der Waals surface area contributed by atoms with E-state index in [1.807, 2.05) is 0 Å². The fraction of sp³-hybridized carbons (Fsp3) is 0.795.